The Morgan fingerprint density at radius 3 is 2.32 bits per heavy atom. The minimum atomic E-state index is -1.29. The van der Waals surface area contributed by atoms with E-state index in [0.29, 0.717) is 17.9 Å². The van der Waals surface area contributed by atoms with E-state index < -0.39 is 12.1 Å². The van der Waals surface area contributed by atoms with Gasteiger partial charge in [0.25, 0.3) is 5.91 Å². The van der Waals surface area contributed by atoms with Gasteiger partial charge in [-0.1, -0.05) is 30.3 Å². The van der Waals surface area contributed by atoms with Crippen LogP contribution < -0.4 is 15.2 Å². The van der Waals surface area contributed by atoms with Crippen LogP contribution in [0.4, 0.5) is 0 Å². The first-order valence-electron chi connectivity index (χ1n) is 6.86. The molecule has 0 heterocycles. The molecule has 0 saturated heterocycles. The van der Waals surface area contributed by atoms with Crippen molar-refractivity contribution < 1.29 is 19.4 Å². The lowest BCUT2D eigenvalue weighted by Gasteiger charge is -2.15. The van der Waals surface area contributed by atoms with Crippen LogP contribution in [0.3, 0.4) is 0 Å². The third kappa shape index (κ3) is 4.34. The highest BCUT2D eigenvalue weighted by molar-refractivity contribution is 5.94. The standard InChI is InChI=1S/C17H17NO4/c1-12(17(20)21)22-15-9-7-14(8-10-15)16(19)18-11-13-5-3-2-4-6-13/h2-10,12H,11H2,1H3,(H,18,19)(H,20,21)/p-1/t12-/m1/s1. The van der Waals surface area contributed by atoms with Gasteiger partial charge >= 0.3 is 0 Å². The van der Waals surface area contributed by atoms with E-state index in [1.807, 2.05) is 30.3 Å². The van der Waals surface area contributed by atoms with E-state index in [2.05, 4.69) is 5.32 Å². The topological polar surface area (TPSA) is 78.5 Å². The highest BCUT2D eigenvalue weighted by Gasteiger charge is 2.08. The Balaban J connectivity index is 1.92. The van der Waals surface area contributed by atoms with Crippen molar-refractivity contribution in [1.82, 2.24) is 5.32 Å². The molecule has 0 spiro atoms. The van der Waals surface area contributed by atoms with Gasteiger partial charge in [-0.3, -0.25) is 4.79 Å². The zero-order chi connectivity index (χ0) is 15.9. The molecule has 0 aromatic heterocycles. The number of carbonyl (C=O) groups is 2. The molecule has 2 rings (SSSR count). The molecule has 1 atom stereocenters. The molecule has 0 aliphatic carbocycles. The summed E-state index contributed by atoms with van der Waals surface area (Å²) in [4.78, 5) is 22.6. The van der Waals surface area contributed by atoms with Gasteiger partial charge < -0.3 is 20.0 Å². The number of benzene rings is 2. The predicted molar refractivity (Wildman–Crippen MR) is 79.2 cm³/mol. The summed E-state index contributed by atoms with van der Waals surface area (Å²) in [7, 11) is 0. The molecular formula is C17H16NO4-. The quantitative estimate of drug-likeness (QED) is 0.867. The molecule has 0 bridgehead atoms. The number of aliphatic carboxylic acids is 1. The number of nitrogens with one attached hydrogen (secondary N) is 1. The highest BCUT2D eigenvalue weighted by Crippen LogP contribution is 2.14. The van der Waals surface area contributed by atoms with Gasteiger partial charge in [0.1, 0.15) is 11.9 Å². The molecule has 1 N–H and O–H groups in total. The molecule has 114 valence electrons. The smallest absolute Gasteiger partial charge is 0.251 e. The summed E-state index contributed by atoms with van der Waals surface area (Å²) < 4.78 is 5.15. The number of amides is 1. The molecule has 22 heavy (non-hydrogen) atoms. The average Bonchev–Trinajstić information content (AvgIpc) is 2.54. The molecule has 0 aliphatic heterocycles. The Morgan fingerprint density at radius 2 is 1.73 bits per heavy atom. The van der Waals surface area contributed by atoms with E-state index in [-0.39, 0.29) is 5.91 Å². The second-order valence-electron chi connectivity index (χ2n) is 4.77. The Hall–Kier alpha value is -2.82. The maximum Gasteiger partial charge on any atom is 0.251 e. The minimum absolute atomic E-state index is 0.205. The summed E-state index contributed by atoms with van der Waals surface area (Å²) in [6.45, 7) is 1.83. The third-order valence-corrected chi connectivity index (χ3v) is 3.06. The molecule has 2 aromatic rings. The Morgan fingerprint density at radius 1 is 1.09 bits per heavy atom. The number of carboxylic acids is 1. The van der Waals surface area contributed by atoms with E-state index in [4.69, 9.17) is 4.74 Å². The number of carbonyl (C=O) groups excluding carboxylic acids is 2. The van der Waals surface area contributed by atoms with Crippen molar-refractivity contribution in [3.63, 3.8) is 0 Å². The summed E-state index contributed by atoms with van der Waals surface area (Å²) in [5.41, 5.74) is 1.49. The van der Waals surface area contributed by atoms with Gasteiger partial charge in [-0.2, -0.15) is 0 Å². The summed E-state index contributed by atoms with van der Waals surface area (Å²) in [5, 5.41) is 13.4. The molecule has 0 unspecified atom stereocenters. The molecule has 5 heteroatoms. The predicted octanol–water partition coefficient (Wildman–Crippen LogP) is 1.13. The van der Waals surface area contributed by atoms with Crippen molar-refractivity contribution >= 4 is 11.9 Å². The van der Waals surface area contributed by atoms with Crippen molar-refractivity contribution in [2.45, 2.75) is 19.6 Å². The van der Waals surface area contributed by atoms with E-state index in [9.17, 15) is 14.7 Å². The number of rotatable bonds is 6. The first-order chi connectivity index (χ1) is 10.6. The Bertz CT molecular complexity index is 637. The van der Waals surface area contributed by atoms with Crippen molar-refractivity contribution in [3.8, 4) is 5.75 Å². The maximum absolute atomic E-state index is 12.0. The fourth-order valence-corrected chi connectivity index (χ4v) is 1.82. The lowest BCUT2D eigenvalue weighted by Crippen LogP contribution is -2.37. The molecule has 0 fully saturated rings. The van der Waals surface area contributed by atoms with Gasteiger partial charge in [0, 0.05) is 12.1 Å². The summed E-state index contributed by atoms with van der Waals surface area (Å²) in [5.74, 6) is -1.12. The van der Waals surface area contributed by atoms with Crippen molar-refractivity contribution in [1.29, 1.82) is 0 Å². The van der Waals surface area contributed by atoms with Gasteiger partial charge in [0.15, 0.2) is 0 Å². The first-order valence-corrected chi connectivity index (χ1v) is 6.86. The number of carboxylic acid groups (broad SMARTS) is 1. The van der Waals surface area contributed by atoms with E-state index >= 15 is 0 Å². The fraction of sp³-hybridized carbons (Fsp3) is 0.176. The van der Waals surface area contributed by atoms with E-state index in [0.717, 1.165) is 5.56 Å². The highest BCUT2D eigenvalue weighted by atomic mass is 16.5. The largest absolute Gasteiger partial charge is 0.546 e. The number of hydrogen-bond acceptors (Lipinski definition) is 4. The normalized spacial score (nSPS) is 11.5. The molecule has 0 aliphatic rings. The number of hydrogen-bond donors (Lipinski definition) is 1. The molecule has 5 nitrogen and oxygen atoms in total. The first kappa shape index (κ1) is 15.6. The second kappa shape index (κ2) is 7.26. The van der Waals surface area contributed by atoms with Crippen LogP contribution in [0.1, 0.15) is 22.8 Å². The van der Waals surface area contributed by atoms with Crippen LogP contribution in [0.15, 0.2) is 54.6 Å². The average molecular weight is 298 g/mol. The van der Waals surface area contributed by atoms with Gasteiger partial charge in [0.05, 0.1) is 5.97 Å². The summed E-state index contributed by atoms with van der Waals surface area (Å²) >= 11 is 0. The SMILES string of the molecule is C[C@@H](Oc1ccc(C(=O)NCc2ccccc2)cc1)C(=O)[O-]. The van der Waals surface area contributed by atoms with Crippen LogP contribution in [0.5, 0.6) is 5.75 Å². The van der Waals surface area contributed by atoms with Crippen LogP contribution in [-0.4, -0.2) is 18.0 Å². The second-order valence-corrected chi connectivity index (χ2v) is 4.77. The van der Waals surface area contributed by atoms with Crippen LogP contribution in [0.25, 0.3) is 0 Å². The van der Waals surface area contributed by atoms with Crippen LogP contribution in [-0.2, 0) is 11.3 Å². The van der Waals surface area contributed by atoms with Crippen LogP contribution >= 0.6 is 0 Å². The van der Waals surface area contributed by atoms with Gasteiger partial charge in [-0.05, 0) is 36.8 Å². The molecule has 1 amide bonds. The lowest BCUT2D eigenvalue weighted by molar-refractivity contribution is -0.312. The zero-order valence-electron chi connectivity index (χ0n) is 12.1. The summed E-state index contributed by atoms with van der Waals surface area (Å²) in [6.07, 6.45) is -1.04. The summed E-state index contributed by atoms with van der Waals surface area (Å²) in [6, 6.07) is 15.9. The van der Waals surface area contributed by atoms with Crippen molar-refractivity contribution in [3.05, 3.63) is 65.7 Å². The van der Waals surface area contributed by atoms with Gasteiger partial charge in [-0.15, -0.1) is 0 Å². The lowest BCUT2D eigenvalue weighted by atomic mass is 10.2. The Labute approximate surface area is 128 Å². The van der Waals surface area contributed by atoms with Crippen LogP contribution in [0.2, 0.25) is 0 Å². The monoisotopic (exact) mass is 298 g/mol. The number of ether oxygens (including phenoxy) is 1. The van der Waals surface area contributed by atoms with E-state index in [1.165, 1.54) is 6.92 Å². The molecule has 2 aromatic carbocycles. The molecular weight excluding hydrogens is 282 g/mol. The van der Waals surface area contributed by atoms with Crippen LogP contribution in [0, 0.1) is 0 Å². The van der Waals surface area contributed by atoms with E-state index in [1.54, 1.807) is 24.3 Å². The van der Waals surface area contributed by atoms with Gasteiger partial charge in [0.2, 0.25) is 0 Å². The molecule has 0 saturated carbocycles. The molecule has 0 radical (unpaired) electrons. The van der Waals surface area contributed by atoms with Gasteiger partial charge in [-0.25, -0.2) is 0 Å². The minimum Gasteiger partial charge on any atom is -0.546 e. The van der Waals surface area contributed by atoms with Crippen molar-refractivity contribution in [2.24, 2.45) is 0 Å². The maximum atomic E-state index is 12.0. The third-order valence-electron chi connectivity index (χ3n) is 3.06. The Kier molecular flexibility index (Phi) is 5.14. The van der Waals surface area contributed by atoms with Crippen molar-refractivity contribution in [2.75, 3.05) is 0 Å². The zero-order valence-corrected chi connectivity index (χ0v) is 12.1. The fourth-order valence-electron chi connectivity index (χ4n) is 1.82.